The van der Waals surface area contributed by atoms with Gasteiger partial charge in [0.15, 0.2) is 0 Å². The van der Waals surface area contributed by atoms with E-state index < -0.39 is 0 Å². The second-order valence-electron chi connectivity index (χ2n) is 5.64. The maximum atomic E-state index is 9.61. The summed E-state index contributed by atoms with van der Waals surface area (Å²) >= 11 is 0. The zero-order valence-electron chi connectivity index (χ0n) is 11.0. The van der Waals surface area contributed by atoms with Crippen molar-refractivity contribution in [3.8, 4) is 0 Å². The third-order valence-electron chi connectivity index (χ3n) is 4.16. The van der Waals surface area contributed by atoms with E-state index in [1.165, 1.54) is 19.3 Å². The molecule has 1 saturated carbocycles. The molecule has 2 rings (SSSR count). The Morgan fingerprint density at radius 3 is 2.76 bits per heavy atom. The van der Waals surface area contributed by atoms with Gasteiger partial charge in [-0.15, -0.1) is 0 Å². The van der Waals surface area contributed by atoms with Crippen molar-refractivity contribution in [3.05, 3.63) is 0 Å². The molecule has 1 aliphatic carbocycles. The summed E-state index contributed by atoms with van der Waals surface area (Å²) in [6, 6.07) is 0. The topological polar surface area (TPSA) is 44.7 Å². The predicted molar refractivity (Wildman–Crippen MR) is 68.1 cm³/mol. The van der Waals surface area contributed by atoms with Crippen LogP contribution in [0.2, 0.25) is 0 Å². The maximum absolute atomic E-state index is 9.61. The smallest absolute Gasteiger partial charge is 0.0826 e. The van der Waals surface area contributed by atoms with E-state index >= 15 is 0 Å². The predicted octanol–water partition coefficient (Wildman–Crippen LogP) is 0.602. The van der Waals surface area contributed by atoms with Crippen molar-refractivity contribution in [1.82, 2.24) is 10.2 Å². The molecule has 2 fully saturated rings. The number of morpholine rings is 1. The van der Waals surface area contributed by atoms with Crippen LogP contribution in [0.4, 0.5) is 0 Å². The van der Waals surface area contributed by atoms with Gasteiger partial charge in [0.2, 0.25) is 0 Å². The van der Waals surface area contributed by atoms with Gasteiger partial charge in [-0.05, 0) is 19.9 Å². The summed E-state index contributed by atoms with van der Waals surface area (Å²) in [6.07, 6.45) is 6.27. The lowest BCUT2D eigenvalue weighted by Gasteiger charge is -2.39. The first kappa shape index (κ1) is 13.3. The van der Waals surface area contributed by atoms with Gasteiger partial charge in [0.1, 0.15) is 0 Å². The van der Waals surface area contributed by atoms with E-state index in [4.69, 9.17) is 4.74 Å². The lowest BCUT2D eigenvalue weighted by Crippen LogP contribution is -2.54. The molecule has 1 saturated heterocycles. The molecule has 0 aromatic carbocycles. The van der Waals surface area contributed by atoms with Gasteiger partial charge < -0.3 is 20.1 Å². The Labute approximate surface area is 104 Å². The number of nitrogens with one attached hydrogen (secondary N) is 1. The molecule has 1 heterocycles. The highest BCUT2D eigenvalue weighted by Crippen LogP contribution is 2.27. The fourth-order valence-corrected chi connectivity index (χ4v) is 2.94. The van der Waals surface area contributed by atoms with Crippen LogP contribution < -0.4 is 5.32 Å². The third kappa shape index (κ3) is 3.65. The Morgan fingerprint density at radius 2 is 2.12 bits per heavy atom. The normalized spacial score (nSPS) is 30.4. The monoisotopic (exact) mass is 242 g/mol. The molecule has 2 N–H and O–H groups in total. The summed E-state index contributed by atoms with van der Waals surface area (Å²) in [5.41, 5.74) is -0.0301. The van der Waals surface area contributed by atoms with Crippen LogP contribution in [0.5, 0.6) is 0 Å². The zero-order chi connectivity index (χ0) is 12.1. The van der Waals surface area contributed by atoms with Crippen LogP contribution in [0.25, 0.3) is 0 Å². The largest absolute Gasteiger partial charge is 0.394 e. The number of rotatable bonds is 4. The Bertz CT molecular complexity index is 229. The molecule has 0 bridgehead atoms. The number of aliphatic hydroxyl groups excluding tert-OH is 1. The third-order valence-corrected chi connectivity index (χ3v) is 4.16. The highest BCUT2D eigenvalue weighted by molar-refractivity contribution is 4.91. The molecule has 4 heteroatoms. The lowest BCUT2D eigenvalue weighted by molar-refractivity contribution is -0.0254. The Morgan fingerprint density at radius 1 is 1.35 bits per heavy atom. The van der Waals surface area contributed by atoms with Crippen molar-refractivity contribution in [2.75, 3.05) is 39.9 Å². The van der Waals surface area contributed by atoms with E-state index in [1.807, 2.05) is 0 Å². The molecule has 0 amide bonds. The number of likely N-dealkylation sites (N-methyl/N-ethyl adjacent to an activating group) is 1. The van der Waals surface area contributed by atoms with Gasteiger partial charge >= 0.3 is 0 Å². The van der Waals surface area contributed by atoms with Crippen LogP contribution in [0, 0.1) is 0 Å². The Balaban J connectivity index is 1.78. The summed E-state index contributed by atoms with van der Waals surface area (Å²) in [5.74, 6) is 0. The maximum Gasteiger partial charge on any atom is 0.0826 e. The number of aliphatic hydroxyl groups is 1. The van der Waals surface area contributed by atoms with Crippen LogP contribution in [-0.2, 0) is 4.74 Å². The zero-order valence-corrected chi connectivity index (χ0v) is 11.0. The summed E-state index contributed by atoms with van der Waals surface area (Å²) in [6.45, 7) is 3.98. The highest BCUT2D eigenvalue weighted by atomic mass is 16.5. The number of nitrogens with zero attached hydrogens (tertiary/aromatic N) is 1. The average Bonchev–Trinajstić information content (AvgIpc) is 2.38. The molecule has 1 aliphatic heterocycles. The van der Waals surface area contributed by atoms with Crippen molar-refractivity contribution in [3.63, 3.8) is 0 Å². The van der Waals surface area contributed by atoms with E-state index in [0.29, 0.717) is 0 Å². The summed E-state index contributed by atoms with van der Waals surface area (Å²) < 4.78 is 5.74. The molecular formula is C13H26N2O2. The van der Waals surface area contributed by atoms with Crippen LogP contribution in [0.15, 0.2) is 0 Å². The molecule has 0 spiro atoms. The van der Waals surface area contributed by atoms with E-state index in [0.717, 1.165) is 39.1 Å². The SMILES string of the molecule is CN1CCOC(CNC2(CO)CCCCC2)C1. The summed E-state index contributed by atoms with van der Waals surface area (Å²) in [4.78, 5) is 2.31. The quantitative estimate of drug-likeness (QED) is 0.758. The standard InChI is InChI=1S/C13H26N2O2/c1-15-7-8-17-12(10-15)9-14-13(11-16)5-3-2-4-6-13/h12,14,16H,2-11H2,1H3. The number of ether oxygens (including phenoxy) is 1. The average molecular weight is 242 g/mol. The summed E-state index contributed by atoms with van der Waals surface area (Å²) in [5, 5.41) is 13.2. The van der Waals surface area contributed by atoms with Crippen molar-refractivity contribution < 1.29 is 9.84 Å². The molecule has 100 valence electrons. The molecule has 0 aromatic rings. The molecule has 17 heavy (non-hydrogen) atoms. The number of hydrogen-bond acceptors (Lipinski definition) is 4. The first-order chi connectivity index (χ1) is 8.24. The molecule has 1 unspecified atom stereocenters. The van der Waals surface area contributed by atoms with Gasteiger partial charge in [0.25, 0.3) is 0 Å². The fourth-order valence-electron chi connectivity index (χ4n) is 2.94. The van der Waals surface area contributed by atoms with Gasteiger partial charge in [-0.3, -0.25) is 0 Å². The number of hydrogen-bond donors (Lipinski definition) is 2. The van der Waals surface area contributed by atoms with Crippen LogP contribution in [0.3, 0.4) is 0 Å². The highest BCUT2D eigenvalue weighted by Gasteiger charge is 2.32. The molecule has 4 nitrogen and oxygen atoms in total. The summed E-state index contributed by atoms with van der Waals surface area (Å²) in [7, 11) is 2.14. The lowest BCUT2D eigenvalue weighted by atomic mass is 9.82. The molecule has 0 aromatic heterocycles. The molecular weight excluding hydrogens is 216 g/mol. The van der Waals surface area contributed by atoms with Gasteiger partial charge in [0.05, 0.1) is 19.3 Å². The van der Waals surface area contributed by atoms with E-state index in [9.17, 15) is 5.11 Å². The van der Waals surface area contributed by atoms with Crippen LogP contribution in [-0.4, -0.2) is 61.5 Å². The van der Waals surface area contributed by atoms with Gasteiger partial charge in [0, 0.05) is 25.2 Å². The minimum Gasteiger partial charge on any atom is -0.394 e. The second-order valence-corrected chi connectivity index (χ2v) is 5.64. The first-order valence-corrected chi connectivity index (χ1v) is 6.90. The van der Waals surface area contributed by atoms with Gasteiger partial charge in [-0.1, -0.05) is 19.3 Å². The Kier molecular flexibility index (Phi) is 4.79. The van der Waals surface area contributed by atoms with Crippen molar-refractivity contribution in [2.24, 2.45) is 0 Å². The Hall–Kier alpha value is -0.160. The fraction of sp³-hybridized carbons (Fsp3) is 1.00. The molecule has 2 aliphatic rings. The second kappa shape index (κ2) is 6.14. The van der Waals surface area contributed by atoms with Crippen LogP contribution in [0.1, 0.15) is 32.1 Å². The van der Waals surface area contributed by atoms with Gasteiger partial charge in [-0.2, -0.15) is 0 Å². The van der Waals surface area contributed by atoms with Crippen molar-refractivity contribution in [2.45, 2.75) is 43.7 Å². The van der Waals surface area contributed by atoms with Gasteiger partial charge in [-0.25, -0.2) is 0 Å². The first-order valence-electron chi connectivity index (χ1n) is 6.90. The molecule has 1 atom stereocenters. The minimum absolute atomic E-state index is 0.0301. The van der Waals surface area contributed by atoms with Crippen molar-refractivity contribution >= 4 is 0 Å². The van der Waals surface area contributed by atoms with E-state index in [1.54, 1.807) is 0 Å². The van der Waals surface area contributed by atoms with E-state index in [-0.39, 0.29) is 18.2 Å². The van der Waals surface area contributed by atoms with Crippen LogP contribution >= 0.6 is 0 Å². The minimum atomic E-state index is -0.0301. The van der Waals surface area contributed by atoms with E-state index in [2.05, 4.69) is 17.3 Å². The van der Waals surface area contributed by atoms with Crippen molar-refractivity contribution in [1.29, 1.82) is 0 Å². The molecule has 0 radical (unpaired) electrons.